The van der Waals surface area contributed by atoms with Crippen LogP contribution in [0.4, 0.5) is 5.69 Å². The second-order valence-corrected chi connectivity index (χ2v) is 2.74. The normalized spacial score (nSPS) is 9.77. The Kier molecular flexibility index (Phi) is 2.87. The molecule has 13 heavy (non-hydrogen) atoms. The quantitative estimate of drug-likeness (QED) is 0.398. The predicted molar refractivity (Wildman–Crippen MR) is 47.9 cm³/mol. The second kappa shape index (κ2) is 3.74. The van der Waals surface area contributed by atoms with Crippen molar-refractivity contribution in [1.82, 2.24) is 0 Å². The van der Waals surface area contributed by atoms with Gasteiger partial charge < -0.3 is 10.0 Å². The Bertz CT molecular complexity index is 343. The highest BCUT2D eigenvalue weighted by Gasteiger charge is 2.17. The molecule has 1 aromatic carbocycles. The maximum Gasteiger partial charge on any atom is 0.489 e. The van der Waals surface area contributed by atoms with E-state index in [1.54, 1.807) is 0 Å². The Balaban J connectivity index is 3.13. The summed E-state index contributed by atoms with van der Waals surface area (Å²) in [6.45, 7) is 0. The average molecular weight is 201 g/mol. The molecule has 0 amide bonds. The summed E-state index contributed by atoms with van der Waals surface area (Å²) in [7, 11) is -1.71. The summed E-state index contributed by atoms with van der Waals surface area (Å²) in [5.41, 5.74) is -0.137. The molecule has 0 saturated carbocycles. The number of rotatable bonds is 2. The van der Waals surface area contributed by atoms with E-state index in [1.165, 1.54) is 6.07 Å². The van der Waals surface area contributed by atoms with Gasteiger partial charge in [-0.2, -0.15) is 0 Å². The number of hydrogen-bond donors (Lipinski definition) is 2. The molecular formula is C6H5BClNO4. The molecule has 0 aromatic heterocycles. The van der Waals surface area contributed by atoms with Crippen molar-refractivity contribution in [3.8, 4) is 0 Å². The van der Waals surface area contributed by atoms with E-state index < -0.39 is 12.0 Å². The fourth-order valence-corrected chi connectivity index (χ4v) is 1.11. The Labute approximate surface area is 78.9 Å². The van der Waals surface area contributed by atoms with Crippen LogP contribution < -0.4 is 5.46 Å². The number of benzene rings is 1. The summed E-state index contributed by atoms with van der Waals surface area (Å²) in [6.07, 6.45) is 0. The van der Waals surface area contributed by atoms with Crippen molar-refractivity contribution in [2.24, 2.45) is 0 Å². The third kappa shape index (κ3) is 2.18. The Morgan fingerprint density at radius 1 is 1.46 bits per heavy atom. The average Bonchev–Trinajstić information content (AvgIpc) is 2.03. The lowest BCUT2D eigenvalue weighted by molar-refractivity contribution is -0.384. The first-order valence-corrected chi connectivity index (χ1v) is 3.70. The van der Waals surface area contributed by atoms with Crippen molar-refractivity contribution in [2.75, 3.05) is 0 Å². The van der Waals surface area contributed by atoms with Crippen LogP contribution in [0.25, 0.3) is 0 Å². The molecule has 0 aliphatic carbocycles. The van der Waals surface area contributed by atoms with Crippen LogP contribution >= 0.6 is 11.6 Å². The number of nitrogens with zero attached hydrogens (tertiary/aromatic N) is 1. The Morgan fingerprint density at radius 3 is 2.46 bits per heavy atom. The van der Waals surface area contributed by atoms with Crippen LogP contribution in [-0.4, -0.2) is 22.1 Å². The summed E-state index contributed by atoms with van der Waals surface area (Å²) < 4.78 is 0. The van der Waals surface area contributed by atoms with Crippen LogP contribution in [0.2, 0.25) is 5.02 Å². The zero-order valence-electron chi connectivity index (χ0n) is 6.35. The van der Waals surface area contributed by atoms with E-state index in [0.29, 0.717) is 0 Å². The zero-order valence-corrected chi connectivity index (χ0v) is 7.10. The molecule has 0 unspecified atom stereocenters. The van der Waals surface area contributed by atoms with Gasteiger partial charge in [0.15, 0.2) is 0 Å². The van der Waals surface area contributed by atoms with E-state index in [1.807, 2.05) is 0 Å². The number of non-ortho nitro benzene ring substituents is 1. The SMILES string of the molecule is O=[N+]([O-])c1ccc(B(O)O)c(Cl)c1. The van der Waals surface area contributed by atoms with Gasteiger partial charge in [-0.25, -0.2) is 0 Å². The van der Waals surface area contributed by atoms with Gasteiger partial charge in [0.2, 0.25) is 0 Å². The van der Waals surface area contributed by atoms with Crippen LogP contribution in [0.1, 0.15) is 0 Å². The maximum atomic E-state index is 10.3. The van der Waals surface area contributed by atoms with Gasteiger partial charge in [0.25, 0.3) is 5.69 Å². The third-order valence-corrected chi connectivity index (χ3v) is 1.80. The lowest BCUT2D eigenvalue weighted by atomic mass is 9.80. The van der Waals surface area contributed by atoms with E-state index in [9.17, 15) is 10.1 Å². The standard InChI is InChI=1S/C6H5BClNO4/c8-6-3-4(9(12)13)1-2-5(6)7(10)11/h1-3,10-11H. The number of hydrogen-bond acceptors (Lipinski definition) is 4. The van der Waals surface area contributed by atoms with Crippen molar-refractivity contribution in [3.05, 3.63) is 33.3 Å². The second-order valence-electron chi connectivity index (χ2n) is 2.34. The molecule has 0 heterocycles. The fourth-order valence-electron chi connectivity index (χ4n) is 0.839. The van der Waals surface area contributed by atoms with Crippen LogP contribution in [0.3, 0.4) is 0 Å². The van der Waals surface area contributed by atoms with Crippen molar-refractivity contribution < 1.29 is 15.0 Å². The highest BCUT2D eigenvalue weighted by molar-refractivity contribution is 6.62. The topological polar surface area (TPSA) is 83.6 Å². The predicted octanol–water partition coefficient (Wildman–Crippen LogP) is -0.0720. The summed E-state index contributed by atoms with van der Waals surface area (Å²) in [5.74, 6) is 0. The van der Waals surface area contributed by atoms with Gasteiger partial charge in [-0.1, -0.05) is 17.7 Å². The number of nitro groups is 1. The van der Waals surface area contributed by atoms with Gasteiger partial charge >= 0.3 is 7.12 Å². The summed E-state index contributed by atoms with van der Waals surface area (Å²) in [5, 5.41) is 27.7. The Hall–Kier alpha value is -1.11. The maximum absolute atomic E-state index is 10.3. The summed E-state index contributed by atoms with van der Waals surface area (Å²) in [4.78, 5) is 9.64. The first kappa shape index (κ1) is 9.98. The largest absolute Gasteiger partial charge is 0.489 e. The molecule has 68 valence electrons. The number of nitro benzene ring substituents is 1. The fraction of sp³-hybridized carbons (Fsp3) is 0. The minimum atomic E-state index is -1.71. The molecule has 0 fully saturated rings. The molecule has 1 rings (SSSR count). The highest BCUT2D eigenvalue weighted by atomic mass is 35.5. The van der Waals surface area contributed by atoms with Crippen LogP contribution in [0, 0.1) is 10.1 Å². The molecule has 0 saturated heterocycles. The lowest BCUT2D eigenvalue weighted by Crippen LogP contribution is -2.30. The molecule has 7 heteroatoms. The monoisotopic (exact) mass is 201 g/mol. The molecule has 5 nitrogen and oxygen atoms in total. The zero-order chi connectivity index (χ0) is 10.0. The summed E-state index contributed by atoms with van der Waals surface area (Å²) >= 11 is 5.54. The lowest BCUT2D eigenvalue weighted by Gasteiger charge is -2.01. The van der Waals surface area contributed by atoms with E-state index in [2.05, 4.69) is 0 Å². The highest BCUT2D eigenvalue weighted by Crippen LogP contribution is 2.15. The number of halogens is 1. The first-order chi connectivity index (χ1) is 6.02. The molecular weight excluding hydrogens is 196 g/mol. The van der Waals surface area contributed by atoms with Crippen LogP contribution in [0.15, 0.2) is 18.2 Å². The van der Waals surface area contributed by atoms with Gasteiger partial charge in [-0.15, -0.1) is 0 Å². The van der Waals surface area contributed by atoms with Crippen molar-refractivity contribution in [3.63, 3.8) is 0 Å². The van der Waals surface area contributed by atoms with Gasteiger partial charge in [0.1, 0.15) is 0 Å². The molecule has 0 aliphatic heterocycles. The van der Waals surface area contributed by atoms with Crippen molar-refractivity contribution in [2.45, 2.75) is 0 Å². The molecule has 0 bridgehead atoms. The van der Waals surface area contributed by atoms with Gasteiger partial charge in [0, 0.05) is 22.6 Å². The Morgan fingerprint density at radius 2 is 2.08 bits per heavy atom. The molecule has 0 aliphatic rings. The van der Waals surface area contributed by atoms with Crippen molar-refractivity contribution in [1.29, 1.82) is 0 Å². The summed E-state index contributed by atoms with van der Waals surface area (Å²) in [6, 6.07) is 3.42. The van der Waals surface area contributed by atoms with E-state index in [0.717, 1.165) is 12.1 Å². The van der Waals surface area contributed by atoms with Gasteiger partial charge in [-0.3, -0.25) is 10.1 Å². The van der Waals surface area contributed by atoms with E-state index in [-0.39, 0.29) is 16.2 Å². The van der Waals surface area contributed by atoms with Crippen molar-refractivity contribution >= 4 is 29.9 Å². The molecule has 2 N–H and O–H groups in total. The molecule has 1 aromatic rings. The molecule has 0 atom stereocenters. The molecule has 0 spiro atoms. The van der Waals surface area contributed by atoms with E-state index >= 15 is 0 Å². The molecule has 0 radical (unpaired) electrons. The smallest absolute Gasteiger partial charge is 0.423 e. The minimum absolute atomic E-state index is 0.0378. The van der Waals surface area contributed by atoms with Crippen LogP contribution in [0.5, 0.6) is 0 Å². The van der Waals surface area contributed by atoms with Gasteiger partial charge in [0.05, 0.1) is 4.92 Å². The first-order valence-electron chi connectivity index (χ1n) is 3.32. The van der Waals surface area contributed by atoms with Gasteiger partial charge in [-0.05, 0) is 0 Å². The minimum Gasteiger partial charge on any atom is -0.423 e. The third-order valence-electron chi connectivity index (χ3n) is 1.47. The van der Waals surface area contributed by atoms with E-state index in [4.69, 9.17) is 21.6 Å². The van der Waals surface area contributed by atoms with Crippen LogP contribution in [-0.2, 0) is 0 Å².